The van der Waals surface area contributed by atoms with Gasteiger partial charge in [-0.2, -0.15) is 0 Å². The Morgan fingerprint density at radius 1 is 1.50 bits per heavy atom. The Labute approximate surface area is 117 Å². The molecule has 2 aromatic rings. The summed E-state index contributed by atoms with van der Waals surface area (Å²) in [6.45, 7) is 8.23. The smallest absolute Gasteiger partial charge is 0.289 e. The lowest BCUT2D eigenvalue weighted by molar-refractivity contribution is 0.0907. The third-order valence-corrected chi connectivity index (χ3v) is 2.95. The highest BCUT2D eigenvalue weighted by Gasteiger charge is 2.20. The Bertz CT molecular complexity index is 602. The molecule has 0 unspecified atom stereocenters. The first-order valence-corrected chi connectivity index (χ1v) is 6.65. The molecule has 0 saturated heterocycles. The Morgan fingerprint density at radius 2 is 2.25 bits per heavy atom. The van der Waals surface area contributed by atoms with Crippen LogP contribution in [0.15, 0.2) is 10.7 Å². The molecule has 0 fully saturated rings. The number of aryl methyl sites for hydroxylation is 3. The molecule has 0 saturated carbocycles. The molecule has 0 bridgehead atoms. The van der Waals surface area contributed by atoms with Gasteiger partial charge in [-0.15, -0.1) is 10.2 Å². The summed E-state index contributed by atoms with van der Waals surface area (Å²) >= 11 is 0. The van der Waals surface area contributed by atoms with Gasteiger partial charge in [0.25, 0.3) is 5.91 Å². The standard InChI is InChI=1S/C13H19N5O2/c1-5-6-18-7-14-17-12(18)9(3)16-13(19)11-8(2)15-10(4)20-11/h7,9H,5-6H2,1-4H3,(H,16,19)/t9-/m0/s1. The molecule has 0 spiro atoms. The molecule has 0 aromatic carbocycles. The van der Waals surface area contributed by atoms with Crippen LogP contribution in [0.4, 0.5) is 0 Å². The van der Waals surface area contributed by atoms with E-state index in [1.165, 1.54) is 0 Å². The summed E-state index contributed by atoms with van der Waals surface area (Å²) in [5, 5.41) is 10.8. The van der Waals surface area contributed by atoms with Crippen molar-refractivity contribution in [3.05, 3.63) is 29.5 Å². The SMILES string of the molecule is CCCn1cnnc1[C@H](C)NC(=O)c1oc(C)nc1C. The first-order valence-electron chi connectivity index (χ1n) is 6.65. The molecule has 108 valence electrons. The lowest BCUT2D eigenvalue weighted by atomic mass is 10.2. The monoisotopic (exact) mass is 277 g/mol. The molecule has 0 aliphatic rings. The molecule has 2 aromatic heterocycles. The minimum absolute atomic E-state index is 0.246. The fourth-order valence-corrected chi connectivity index (χ4v) is 2.08. The summed E-state index contributed by atoms with van der Waals surface area (Å²) < 4.78 is 7.24. The molecular formula is C13H19N5O2. The molecule has 0 aliphatic heterocycles. The third-order valence-electron chi connectivity index (χ3n) is 2.95. The highest BCUT2D eigenvalue weighted by molar-refractivity contribution is 5.92. The van der Waals surface area contributed by atoms with Gasteiger partial charge in [0.1, 0.15) is 6.33 Å². The van der Waals surface area contributed by atoms with Crippen molar-refractivity contribution in [2.24, 2.45) is 0 Å². The zero-order valence-electron chi connectivity index (χ0n) is 12.2. The largest absolute Gasteiger partial charge is 0.436 e. The summed E-state index contributed by atoms with van der Waals surface area (Å²) in [4.78, 5) is 16.2. The van der Waals surface area contributed by atoms with Crippen LogP contribution in [0.25, 0.3) is 0 Å². The number of oxazole rings is 1. The Kier molecular flexibility index (Phi) is 4.16. The van der Waals surface area contributed by atoms with E-state index in [1.54, 1.807) is 20.2 Å². The van der Waals surface area contributed by atoms with Gasteiger partial charge in [-0.05, 0) is 20.3 Å². The molecule has 0 radical (unpaired) electrons. The molecule has 7 heteroatoms. The van der Waals surface area contributed by atoms with Crippen molar-refractivity contribution in [3.63, 3.8) is 0 Å². The van der Waals surface area contributed by atoms with E-state index < -0.39 is 0 Å². The van der Waals surface area contributed by atoms with Crippen molar-refractivity contribution >= 4 is 5.91 Å². The normalized spacial score (nSPS) is 12.4. The zero-order valence-corrected chi connectivity index (χ0v) is 12.2. The molecule has 1 atom stereocenters. The van der Waals surface area contributed by atoms with E-state index in [0.717, 1.165) is 18.8 Å². The minimum Gasteiger partial charge on any atom is -0.436 e. The van der Waals surface area contributed by atoms with Crippen LogP contribution in [-0.2, 0) is 6.54 Å². The molecule has 2 heterocycles. The number of carbonyl (C=O) groups excluding carboxylic acids is 1. The highest BCUT2D eigenvalue weighted by atomic mass is 16.4. The van der Waals surface area contributed by atoms with Crippen LogP contribution in [-0.4, -0.2) is 25.7 Å². The number of rotatable bonds is 5. The van der Waals surface area contributed by atoms with Crippen LogP contribution in [0.1, 0.15) is 54.3 Å². The summed E-state index contributed by atoms with van der Waals surface area (Å²) in [7, 11) is 0. The second-order valence-electron chi connectivity index (χ2n) is 4.73. The van der Waals surface area contributed by atoms with E-state index >= 15 is 0 Å². The molecule has 20 heavy (non-hydrogen) atoms. The third kappa shape index (κ3) is 2.87. The van der Waals surface area contributed by atoms with Crippen LogP contribution in [0.5, 0.6) is 0 Å². The maximum atomic E-state index is 12.2. The fraction of sp³-hybridized carbons (Fsp3) is 0.538. The molecule has 1 amide bonds. The van der Waals surface area contributed by atoms with Crippen LogP contribution in [0.2, 0.25) is 0 Å². The Morgan fingerprint density at radius 3 is 2.85 bits per heavy atom. The van der Waals surface area contributed by atoms with Gasteiger partial charge < -0.3 is 14.3 Å². The first-order chi connectivity index (χ1) is 9.52. The van der Waals surface area contributed by atoms with Crippen LogP contribution in [0, 0.1) is 13.8 Å². The molecular weight excluding hydrogens is 258 g/mol. The fourth-order valence-electron chi connectivity index (χ4n) is 2.08. The number of hydrogen-bond donors (Lipinski definition) is 1. The number of aromatic nitrogens is 4. The maximum Gasteiger partial charge on any atom is 0.289 e. The lowest BCUT2D eigenvalue weighted by Crippen LogP contribution is -2.29. The predicted molar refractivity (Wildman–Crippen MR) is 72.2 cm³/mol. The Balaban J connectivity index is 2.11. The summed E-state index contributed by atoms with van der Waals surface area (Å²) in [5.41, 5.74) is 0.585. The van der Waals surface area contributed by atoms with E-state index in [9.17, 15) is 4.79 Å². The van der Waals surface area contributed by atoms with E-state index in [0.29, 0.717) is 11.6 Å². The highest BCUT2D eigenvalue weighted by Crippen LogP contribution is 2.13. The number of carbonyl (C=O) groups is 1. The number of nitrogens with zero attached hydrogens (tertiary/aromatic N) is 4. The summed E-state index contributed by atoms with van der Waals surface area (Å²) in [5.74, 6) is 1.17. The van der Waals surface area contributed by atoms with E-state index in [4.69, 9.17) is 4.42 Å². The second kappa shape index (κ2) is 5.85. The van der Waals surface area contributed by atoms with Crippen molar-refractivity contribution in [1.29, 1.82) is 0 Å². The van der Waals surface area contributed by atoms with Gasteiger partial charge in [0, 0.05) is 13.5 Å². The number of amides is 1. The van der Waals surface area contributed by atoms with Crippen LogP contribution < -0.4 is 5.32 Å². The van der Waals surface area contributed by atoms with E-state index in [1.807, 2.05) is 11.5 Å². The molecule has 2 rings (SSSR count). The minimum atomic E-state index is -0.290. The quantitative estimate of drug-likeness (QED) is 0.900. The summed E-state index contributed by atoms with van der Waals surface area (Å²) in [6.07, 6.45) is 2.65. The molecule has 0 aliphatic carbocycles. The van der Waals surface area contributed by atoms with Gasteiger partial charge in [0.15, 0.2) is 11.7 Å². The molecule has 7 nitrogen and oxygen atoms in total. The molecule has 1 N–H and O–H groups in total. The van der Waals surface area contributed by atoms with Gasteiger partial charge >= 0.3 is 0 Å². The average molecular weight is 277 g/mol. The van der Waals surface area contributed by atoms with Crippen molar-refractivity contribution in [2.45, 2.75) is 46.7 Å². The van der Waals surface area contributed by atoms with Crippen LogP contribution in [0.3, 0.4) is 0 Å². The summed E-state index contributed by atoms with van der Waals surface area (Å²) in [6, 6.07) is -0.249. The topological polar surface area (TPSA) is 85.8 Å². The van der Waals surface area contributed by atoms with Gasteiger partial charge in [-0.1, -0.05) is 6.92 Å². The van der Waals surface area contributed by atoms with Gasteiger partial charge in [0.2, 0.25) is 5.76 Å². The first kappa shape index (κ1) is 14.2. The Hall–Kier alpha value is -2.18. The lowest BCUT2D eigenvalue weighted by Gasteiger charge is -2.13. The van der Waals surface area contributed by atoms with Crippen LogP contribution >= 0.6 is 0 Å². The predicted octanol–water partition coefficient (Wildman–Crippen LogP) is 1.78. The van der Waals surface area contributed by atoms with Gasteiger partial charge in [-0.3, -0.25) is 4.79 Å². The second-order valence-corrected chi connectivity index (χ2v) is 4.73. The van der Waals surface area contributed by atoms with Crippen molar-refractivity contribution < 1.29 is 9.21 Å². The van der Waals surface area contributed by atoms with Gasteiger partial charge in [-0.25, -0.2) is 4.98 Å². The van der Waals surface area contributed by atoms with Crippen molar-refractivity contribution in [1.82, 2.24) is 25.1 Å². The number of hydrogen-bond acceptors (Lipinski definition) is 5. The van der Waals surface area contributed by atoms with E-state index in [2.05, 4.69) is 27.4 Å². The zero-order chi connectivity index (χ0) is 14.7. The van der Waals surface area contributed by atoms with Gasteiger partial charge in [0.05, 0.1) is 11.7 Å². The van der Waals surface area contributed by atoms with Crippen molar-refractivity contribution in [3.8, 4) is 0 Å². The van der Waals surface area contributed by atoms with Crippen molar-refractivity contribution in [2.75, 3.05) is 0 Å². The maximum absolute atomic E-state index is 12.2. The number of nitrogens with one attached hydrogen (secondary N) is 1. The van der Waals surface area contributed by atoms with E-state index in [-0.39, 0.29) is 17.7 Å². The average Bonchev–Trinajstić information content (AvgIpc) is 2.96.